The highest BCUT2D eigenvalue weighted by Crippen LogP contribution is 2.29. The van der Waals surface area contributed by atoms with Crippen molar-refractivity contribution in [3.8, 4) is 11.5 Å². The largest absolute Gasteiger partial charge is 0.493 e. The molecule has 1 aliphatic carbocycles. The fourth-order valence-electron chi connectivity index (χ4n) is 2.23. The standard InChI is InChI=1S/C19H20N2O3/c1-23-17-10-7-15(12-20-21-19(22)16-8-9-16)11-18(17)24-13-14-5-3-2-4-6-14/h2-7,10-12,16H,8-9,13H2,1H3,(H,21,22)/b20-12-. The average molecular weight is 324 g/mol. The second kappa shape index (κ2) is 7.64. The second-order valence-electron chi connectivity index (χ2n) is 5.69. The van der Waals surface area contributed by atoms with Crippen LogP contribution in [0.1, 0.15) is 24.0 Å². The molecular formula is C19H20N2O3. The summed E-state index contributed by atoms with van der Waals surface area (Å²) < 4.78 is 11.2. The summed E-state index contributed by atoms with van der Waals surface area (Å²) in [7, 11) is 1.61. The number of rotatable bonds is 7. The third-order valence-electron chi connectivity index (χ3n) is 3.76. The maximum atomic E-state index is 11.6. The van der Waals surface area contributed by atoms with Crippen molar-refractivity contribution >= 4 is 12.1 Å². The van der Waals surface area contributed by atoms with Crippen LogP contribution in [0, 0.1) is 5.92 Å². The van der Waals surface area contributed by atoms with E-state index in [0.717, 1.165) is 24.0 Å². The van der Waals surface area contributed by atoms with Crippen molar-refractivity contribution in [1.29, 1.82) is 0 Å². The molecule has 0 heterocycles. The van der Waals surface area contributed by atoms with Crippen molar-refractivity contribution in [1.82, 2.24) is 5.43 Å². The van der Waals surface area contributed by atoms with Gasteiger partial charge in [-0.15, -0.1) is 0 Å². The van der Waals surface area contributed by atoms with Gasteiger partial charge in [-0.3, -0.25) is 4.79 Å². The van der Waals surface area contributed by atoms with E-state index in [4.69, 9.17) is 9.47 Å². The number of methoxy groups -OCH3 is 1. The molecule has 0 aliphatic heterocycles. The minimum atomic E-state index is -0.0136. The molecule has 0 bridgehead atoms. The number of nitrogens with one attached hydrogen (secondary N) is 1. The smallest absolute Gasteiger partial charge is 0.243 e. The van der Waals surface area contributed by atoms with Gasteiger partial charge in [0, 0.05) is 5.92 Å². The van der Waals surface area contributed by atoms with E-state index in [2.05, 4.69) is 10.5 Å². The Morgan fingerprint density at radius 1 is 1.21 bits per heavy atom. The van der Waals surface area contributed by atoms with Crippen molar-refractivity contribution in [2.45, 2.75) is 19.4 Å². The van der Waals surface area contributed by atoms with Crippen LogP contribution in [0.5, 0.6) is 11.5 Å². The third-order valence-corrected chi connectivity index (χ3v) is 3.76. The van der Waals surface area contributed by atoms with Gasteiger partial charge in [-0.2, -0.15) is 5.10 Å². The normalized spacial score (nSPS) is 13.7. The van der Waals surface area contributed by atoms with E-state index in [1.54, 1.807) is 13.3 Å². The number of carbonyl (C=O) groups is 1. The molecule has 1 amide bonds. The molecule has 1 fully saturated rings. The fourth-order valence-corrected chi connectivity index (χ4v) is 2.23. The molecule has 2 aromatic rings. The summed E-state index contributed by atoms with van der Waals surface area (Å²) >= 11 is 0. The minimum Gasteiger partial charge on any atom is -0.493 e. The molecule has 1 aliphatic rings. The Morgan fingerprint density at radius 3 is 2.71 bits per heavy atom. The summed E-state index contributed by atoms with van der Waals surface area (Å²) in [6, 6.07) is 15.5. The highest BCUT2D eigenvalue weighted by atomic mass is 16.5. The van der Waals surface area contributed by atoms with Crippen LogP contribution in [0.2, 0.25) is 0 Å². The Bertz CT molecular complexity index is 725. The number of hydrazone groups is 1. The van der Waals surface area contributed by atoms with Crippen molar-refractivity contribution in [3.05, 3.63) is 59.7 Å². The van der Waals surface area contributed by atoms with Crippen LogP contribution in [0.4, 0.5) is 0 Å². The maximum absolute atomic E-state index is 11.6. The zero-order valence-electron chi connectivity index (χ0n) is 13.6. The van der Waals surface area contributed by atoms with Gasteiger partial charge >= 0.3 is 0 Å². The van der Waals surface area contributed by atoms with E-state index in [9.17, 15) is 4.79 Å². The lowest BCUT2D eigenvalue weighted by Crippen LogP contribution is -2.18. The van der Waals surface area contributed by atoms with Crippen LogP contribution in [0.3, 0.4) is 0 Å². The van der Waals surface area contributed by atoms with Gasteiger partial charge in [-0.05, 0) is 42.2 Å². The maximum Gasteiger partial charge on any atom is 0.243 e. The molecule has 0 spiro atoms. The van der Waals surface area contributed by atoms with Crippen molar-refractivity contribution in [2.24, 2.45) is 11.0 Å². The molecule has 0 unspecified atom stereocenters. The summed E-state index contributed by atoms with van der Waals surface area (Å²) in [5.74, 6) is 1.42. The van der Waals surface area contributed by atoms with E-state index in [-0.39, 0.29) is 11.8 Å². The lowest BCUT2D eigenvalue weighted by molar-refractivity contribution is -0.122. The van der Waals surface area contributed by atoms with Crippen molar-refractivity contribution in [3.63, 3.8) is 0 Å². The van der Waals surface area contributed by atoms with Gasteiger partial charge in [-0.1, -0.05) is 30.3 Å². The fraction of sp³-hybridized carbons (Fsp3) is 0.263. The first-order valence-electron chi connectivity index (χ1n) is 7.94. The number of hydrogen-bond donors (Lipinski definition) is 1. The number of benzene rings is 2. The van der Waals surface area contributed by atoms with Crippen molar-refractivity contribution in [2.75, 3.05) is 7.11 Å². The molecule has 2 aromatic carbocycles. The second-order valence-corrected chi connectivity index (χ2v) is 5.69. The van der Waals surface area contributed by atoms with Crippen LogP contribution in [-0.4, -0.2) is 19.2 Å². The van der Waals surface area contributed by atoms with Crippen LogP contribution >= 0.6 is 0 Å². The first-order chi connectivity index (χ1) is 11.8. The minimum absolute atomic E-state index is 0.0136. The molecule has 5 nitrogen and oxygen atoms in total. The zero-order valence-corrected chi connectivity index (χ0v) is 13.6. The average Bonchev–Trinajstić information content (AvgIpc) is 3.46. The Labute approximate surface area is 141 Å². The van der Waals surface area contributed by atoms with Crippen LogP contribution in [0.25, 0.3) is 0 Å². The monoisotopic (exact) mass is 324 g/mol. The first-order valence-corrected chi connectivity index (χ1v) is 7.94. The van der Waals surface area contributed by atoms with Gasteiger partial charge in [0.15, 0.2) is 11.5 Å². The summed E-state index contributed by atoms with van der Waals surface area (Å²) in [4.78, 5) is 11.6. The van der Waals surface area contributed by atoms with Gasteiger partial charge < -0.3 is 9.47 Å². The number of carbonyl (C=O) groups excluding carboxylic acids is 1. The summed E-state index contributed by atoms with van der Waals surface area (Å²) in [5.41, 5.74) is 4.47. The first kappa shape index (κ1) is 16.1. The van der Waals surface area contributed by atoms with Crippen LogP contribution in [-0.2, 0) is 11.4 Å². The number of ether oxygens (including phenoxy) is 2. The number of amides is 1. The highest BCUT2D eigenvalue weighted by Gasteiger charge is 2.29. The molecule has 0 radical (unpaired) electrons. The zero-order chi connectivity index (χ0) is 16.8. The Kier molecular flexibility index (Phi) is 5.11. The van der Waals surface area contributed by atoms with Crippen LogP contribution in [0.15, 0.2) is 53.6 Å². The Hall–Kier alpha value is -2.82. The van der Waals surface area contributed by atoms with Gasteiger partial charge in [0.05, 0.1) is 13.3 Å². The van der Waals surface area contributed by atoms with E-state index < -0.39 is 0 Å². The third kappa shape index (κ3) is 4.35. The van der Waals surface area contributed by atoms with Gasteiger partial charge in [-0.25, -0.2) is 5.43 Å². The van der Waals surface area contributed by atoms with Gasteiger partial charge in [0.25, 0.3) is 0 Å². The predicted molar refractivity (Wildman–Crippen MR) is 92.2 cm³/mol. The molecule has 0 atom stereocenters. The molecule has 3 rings (SSSR count). The summed E-state index contributed by atoms with van der Waals surface area (Å²) in [6.45, 7) is 0.455. The lowest BCUT2D eigenvalue weighted by Gasteiger charge is -2.11. The molecular weight excluding hydrogens is 304 g/mol. The van der Waals surface area contributed by atoms with Crippen LogP contribution < -0.4 is 14.9 Å². The topological polar surface area (TPSA) is 59.9 Å². The highest BCUT2D eigenvalue weighted by molar-refractivity contribution is 5.84. The van der Waals surface area contributed by atoms with E-state index >= 15 is 0 Å². The molecule has 124 valence electrons. The van der Waals surface area contributed by atoms with E-state index in [1.165, 1.54) is 0 Å². The van der Waals surface area contributed by atoms with Gasteiger partial charge in [0.1, 0.15) is 6.61 Å². The molecule has 1 saturated carbocycles. The summed E-state index contributed by atoms with van der Waals surface area (Å²) in [6.07, 6.45) is 3.53. The lowest BCUT2D eigenvalue weighted by atomic mass is 10.2. The SMILES string of the molecule is COc1ccc(/C=N\NC(=O)C2CC2)cc1OCc1ccccc1. The Morgan fingerprint density at radius 2 is 2.00 bits per heavy atom. The van der Waals surface area contributed by atoms with E-state index in [1.807, 2.05) is 48.5 Å². The molecule has 5 heteroatoms. The number of hydrogen-bond acceptors (Lipinski definition) is 4. The molecule has 0 saturated heterocycles. The number of nitrogens with zero attached hydrogens (tertiary/aromatic N) is 1. The molecule has 24 heavy (non-hydrogen) atoms. The van der Waals surface area contributed by atoms with Crippen molar-refractivity contribution < 1.29 is 14.3 Å². The van der Waals surface area contributed by atoms with Gasteiger partial charge in [0.2, 0.25) is 5.91 Å². The molecule has 0 aromatic heterocycles. The molecule has 1 N–H and O–H groups in total. The predicted octanol–water partition coefficient (Wildman–Crippen LogP) is 3.13. The van der Waals surface area contributed by atoms with E-state index in [0.29, 0.717) is 18.1 Å². The summed E-state index contributed by atoms with van der Waals surface area (Å²) in [5, 5.41) is 4.00. The quantitative estimate of drug-likeness (QED) is 0.629. The Balaban J connectivity index is 1.65.